The van der Waals surface area contributed by atoms with E-state index < -0.39 is 0 Å². The first-order valence-corrected chi connectivity index (χ1v) is 8.22. The molecule has 1 heterocycles. The summed E-state index contributed by atoms with van der Waals surface area (Å²) in [4.78, 5) is 2.62. The predicted octanol–water partition coefficient (Wildman–Crippen LogP) is 3.80. The van der Waals surface area contributed by atoms with Gasteiger partial charge in [-0.2, -0.15) is 0 Å². The lowest BCUT2D eigenvalue weighted by atomic mass is 9.94. The second kappa shape index (κ2) is 9.80. The smallest absolute Gasteiger partial charge is 0.00889 e. The van der Waals surface area contributed by atoms with Gasteiger partial charge in [-0.3, -0.25) is 0 Å². The molecule has 0 radical (unpaired) electrons. The number of piperidine rings is 1. The molecule has 2 N–H and O–H groups in total. The Morgan fingerprint density at radius 1 is 1.00 bits per heavy atom. The highest BCUT2D eigenvalue weighted by Crippen LogP contribution is 2.16. The summed E-state index contributed by atoms with van der Waals surface area (Å²) < 4.78 is 0. The molecule has 108 valence electrons. The molecule has 2 heteroatoms. The van der Waals surface area contributed by atoms with Gasteiger partial charge in [0, 0.05) is 12.6 Å². The Bertz CT molecular complexity index is 194. The molecular formula is C16H34N2. The van der Waals surface area contributed by atoms with E-state index in [0.717, 1.165) is 0 Å². The van der Waals surface area contributed by atoms with E-state index in [1.807, 2.05) is 0 Å². The van der Waals surface area contributed by atoms with Crippen LogP contribution in [-0.2, 0) is 0 Å². The fraction of sp³-hybridized carbons (Fsp3) is 1.00. The van der Waals surface area contributed by atoms with Crippen molar-refractivity contribution in [1.82, 2.24) is 4.90 Å². The van der Waals surface area contributed by atoms with Crippen molar-refractivity contribution < 1.29 is 0 Å². The summed E-state index contributed by atoms with van der Waals surface area (Å²) in [7, 11) is 0. The quantitative estimate of drug-likeness (QED) is 0.634. The molecule has 0 amide bonds. The van der Waals surface area contributed by atoms with E-state index in [2.05, 4.69) is 18.7 Å². The summed E-state index contributed by atoms with van der Waals surface area (Å²) in [5.74, 6) is 0.688. The Labute approximate surface area is 114 Å². The Balaban J connectivity index is 1.89. The van der Waals surface area contributed by atoms with E-state index in [4.69, 9.17) is 5.73 Å². The topological polar surface area (TPSA) is 29.3 Å². The Morgan fingerprint density at radius 3 is 2.22 bits per heavy atom. The second-order valence-corrected chi connectivity index (χ2v) is 6.21. The molecule has 0 aromatic carbocycles. The van der Waals surface area contributed by atoms with Gasteiger partial charge in [-0.25, -0.2) is 0 Å². The monoisotopic (exact) mass is 254 g/mol. The number of hydrogen-bond donors (Lipinski definition) is 1. The fourth-order valence-corrected chi connectivity index (χ4v) is 2.92. The minimum atomic E-state index is 0.444. The summed E-state index contributed by atoms with van der Waals surface area (Å²) in [5.41, 5.74) is 6.05. The van der Waals surface area contributed by atoms with Crippen LogP contribution >= 0.6 is 0 Å². The standard InChI is InChI=1S/C16H34N2/c1-3-4-5-6-7-8-9-10-12-18-13-11-16(17)15(2)14-18/h15-16H,3-14,17H2,1-2H3. The zero-order chi connectivity index (χ0) is 13.2. The molecule has 2 nitrogen and oxygen atoms in total. The number of unbranched alkanes of at least 4 members (excludes halogenated alkanes) is 7. The van der Waals surface area contributed by atoms with Crippen LogP contribution in [0.15, 0.2) is 0 Å². The number of hydrogen-bond acceptors (Lipinski definition) is 2. The van der Waals surface area contributed by atoms with Gasteiger partial charge in [-0.15, -0.1) is 0 Å². The van der Waals surface area contributed by atoms with Crippen LogP contribution in [0.3, 0.4) is 0 Å². The van der Waals surface area contributed by atoms with Crippen LogP contribution in [0.25, 0.3) is 0 Å². The van der Waals surface area contributed by atoms with Crippen molar-refractivity contribution in [2.24, 2.45) is 11.7 Å². The average Bonchev–Trinajstić information content (AvgIpc) is 2.37. The van der Waals surface area contributed by atoms with Gasteiger partial charge in [0.1, 0.15) is 0 Å². The van der Waals surface area contributed by atoms with E-state index in [9.17, 15) is 0 Å². The molecule has 0 saturated carbocycles. The lowest BCUT2D eigenvalue weighted by Crippen LogP contribution is -2.46. The van der Waals surface area contributed by atoms with Crippen molar-refractivity contribution in [3.63, 3.8) is 0 Å². The van der Waals surface area contributed by atoms with Gasteiger partial charge in [0.25, 0.3) is 0 Å². The first kappa shape index (κ1) is 16.0. The zero-order valence-corrected chi connectivity index (χ0v) is 12.7. The number of likely N-dealkylation sites (tertiary alicyclic amines) is 1. The minimum Gasteiger partial charge on any atom is -0.327 e. The fourth-order valence-electron chi connectivity index (χ4n) is 2.92. The first-order valence-electron chi connectivity index (χ1n) is 8.22. The van der Waals surface area contributed by atoms with Crippen LogP contribution in [0.2, 0.25) is 0 Å². The zero-order valence-electron chi connectivity index (χ0n) is 12.7. The maximum atomic E-state index is 6.05. The number of nitrogens with zero attached hydrogens (tertiary/aromatic N) is 1. The summed E-state index contributed by atoms with van der Waals surface area (Å²) in [5, 5.41) is 0. The minimum absolute atomic E-state index is 0.444. The van der Waals surface area contributed by atoms with Crippen LogP contribution in [0.4, 0.5) is 0 Å². The molecule has 0 bridgehead atoms. The maximum Gasteiger partial charge on any atom is 0.00889 e. The molecule has 2 unspecified atom stereocenters. The van der Waals surface area contributed by atoms with Gasteiger partial charge < -0.3 is 10.6 Å². The van der Waals surface area contributed by atoms with Gasteiger partial charge >= 0.3 is 0 Å². The van der Waals surface area contributed by atoms with Gasteiger partial charge in [-0.05, 0) is 31.8 Å². The molecule has 1 fully saturated rings. The van der Waals surface area contributed by atoms with E-state index in [1.54, 1.807) is 0 Å². The molecule has 1 rings (SSSR count). The lowest BCUT2D eigenvalue weighted by Gasteiger charge is -2.35. The third-order valence-electron chi connectivity index (χ3n) is 4.38. The van der Waals surface area contributed by atoms with Crippen LogP contribution in [0.1, 0.15) is 71.6 Å². The highest BCUT2D eigenvalue weighted by Gasteiger charge is 2.22. The lowest BCUT2D eigenvalue weighted by molar-refractivity contribution is 0.162. The SMILES string of the molecule is CCCCCCCCCCN1CCC(N)C(C)C1. The third-order valence-corrected chi connectivity index (χ3v) is 4.38. The van der Waals surface area contributed by atoms with Crippen molar-refractivity contribution in [2.45, 2.75) is 77.7 Å². The Hall–Kier alpha value is -0.0800. The van der Waals surface area contributed by atoms with Crippen molar-refractivity contribution in [3.05, 3.63) is 0 Å². The number of nitrogens with two attached hydrogens (primary N) is 1. The normalized spacial score (nSPS) is 25.5. The molecule has 1 saturated heterocycles. The summed E-state index contributed by atoms with van der Waals surface area (Å²) >= 11 is 0. The van der Waals surface area contributed by atoms with E-state index >= 15 is 0 Å². The molecule has 0 aliphatic carbocycles. The van der Waals surface area contributed by atoms with Crippen LogP contribution in [0, 0.1) is 5.92 Å². The molecule has 2 atom stereocenters. The molecule has 0 spiro atoms. The molecule has 1 aliphatic rings. The molecular weight excluding hydrogens is 220 g/mol. The highest BCUT2D eigenvalue weighted by atomic mass is 15.1. The average molecular weight is 254 g/mol. The summed E-state index contributed by atoms with van der Waals surface area (Å²) in [6, 6.07) is 0.444. The van der Waals surface area contributed by atoms with Crippen molar-refractivity contribution in [2.75, 3.05) is 19.6 Å². The summed E-state index contributed by atoms with van der Waals surface area (Å²) in [6.07, 6.45) is 12.5. The van der Waals surface area contributed by atoms with Crippen LogP contribution < -0.4 is 5.73 Å². The Morgan fingerprint density at radius 2 is 1.61 bits per heavy atom. The van der Waals surface area contributed by atoms with E-state index in [-0.39, 0.29) is 0 Å². The molecule has 18 heavy (non-hydrogen) atoms. The van der Waals surface area contributed by atoms with Crippen molar-refractivity contribution in [3.8, 4) is 0 Å². The van der Waals surface area contributed by atoms with Crippen molar-refractivity contribution in [1.29, 1.82) is 0 Å². The van der Waals surface area contributed by atoms with Crippen molar-refractivity contribution >= 4 is 0 Å². The van der Waals surface area contributed by atoms with Crippen LogP contribution in [-0.4, -0.2) is 30.6 Å². The summed E-state index contributed by atoms with van der Waals surface area (Å²) in [6.45, 7) is 8.32. The number of rotatable bonds is 9. The van der Waals surface area contributed by atoms with E-state index in [0.29, 0.717) is 12.0 Å². The maximum absolute atomic E-state index is 6.05. The van der Waals surface area contributed by atoms with Gasteiger partial charge in [0.2, 0.25) is 0 Å². The Kier molecular flexibility index (Phi) is 8.70. The van der Waals surface area contributed by atoms with Crippen LogP contribution in [0.5, 0.6) is 0 Å². The third kappa shape index (κ3) is 6.75. The van der Waals surface area contributed by atoms with E-state index in [1.165, 1.54) is 77.4 Å². The molecule has 0 aromatic heterocycles. The van der Waals surface area contributed by atoms with Gasteiger partial charge in [-0.1, -0.05) is 58.8 Å². The van der Waals surface area contributed by atoms with Gasteiger partial charge in [0.05, 0.1) is 0 Å². The molecule has 0 aromatic rings. The predicted molar refractivity (Wildman–Crippen MR) is 80.8 cm³/mol. The highest BCUT2D eigenvalue weighted by molar-refractivity contribution is 4.79. The second-order valence-electron chi connectivity index (χ2n) is 6.21. The first-order chi connectivity index (χ1) is 8.74. The largest absolute Gasteiger partial charge is 0.327 e. The van der Waals surface area contributed by atoms with Gasteiger partial charge in [0.15, 0.2) is 0 Å². The molecule has 1 aliphatic heterocycles.